The summed E-state index contributed by atoms with van der Waals surface area (Å²) in [6.07, 6.45) is 2.77. The molecular formula is C29H33FN2O3. The number of rotatable bonds is 13. The predicted octanol–water partition coefficient (Wildman–Crippen LogP) is 5.60. The summed E-state index contributed by atoms with van der Waals surface area (Å²) < 4.78 is 19.4. The molecule has 35 heavy (non-hydrogen) atoms. The molecule has 0 saturated heterocycles. The lowest BCUT2D eigenvalue weighted by Gasteiger charge is -2.22. The minimum atomic E-state index is -0.305. The van der Waals surface area contributed by atoms with E-state index < -0.39 is 0 Å². The van der Waals surface area contributed by atoms with Crippen LogP contribution in [0.5, 0.6) is 5.75 Å². The van der Waals surface area contributed by atoms with Crippen LogP contribution < -0.4 is 15.4 Å². The third-order valence-electron chi connectivity index (χ3n) is 5.70. The number of ether oxygens (including phenoxy) is 1. The fourth-order valence-electron chi connectivity index (χ4n) is 3.95. The summed E-state index contributed by atoms with van der Waals surface area (Å²) >= 11 is 0. The molecule has 0 saturated carbocycles. The number of hydrogen-bond acceptors (Lipinski definition) is 3. The third-order valence-corrected chi connectivity index (χ3v) is 5.70. The lowest BCUT2D eigenvalue weighted by atomic mass is 9.95. The zero-order valence-corrected chi connectivity index (χ0v) is 20.3. The van der Waals surface area contributed by atoms with E-state index in [1.54, 1.807) is 12.1 Å². The molecule has 0 radical (unpaired) electrons. The highest BCUT2D eigenvalue weighted by Crippen LogP contribution is 2.24. The molecule has 0 spiro atoms. The summed E-state index contributed by atoms with van der Waals surface area (Å²) in [6.45, 7) is 5.06. The van der Waals surface area contributed by atoms with E-state index in [0.29, 0.717) is 43.9 Å². The average molecular weight is 477 g/mol. The van der Waals surface area contributed by atoms with E-state index in [2.05, 4.69) is 24.5 Å². The lowest BCUT2D eigenvalue weighted by Crippen LogP contribution is -2.30. The fraction of sp³-hybridized carbons (Fsp3) is 0.310. The second kappa shape index (κ2) is 13.3. The summed E-state index contributed by atoms with van der Waals surface area (Å²) in [4.78, 5) is 24.1. The number of nitrogens with one attached hydrogen (secondary N) is 2. The molecule has 0 aliphatic heterocycles. The molecule has 1 unspecified atom stereocenters. The molecule has 0 bridgehead atoms. The third kappa shape index (κ3) is 8.25. The molecule has 2 amide bonds. The lowest BCUT2D eigenvalue weighted by molar-refractivity contribution is -0.109. The van der Waals surface area contributed by atoms with E-state index in [4.69, 9.17) is 4.74 Å². The van der Waals surface area contributed by atoms with Crippen molar-refractivity contribution in [2.75, 3.05) is 6.54 Å². The van der Waals surface area contributed by atoms with Gasteiger partial charge in [0.25, 0.3) is 5.91 Å². The second-order valence-electron chi connectivity index (χ2n) is 8.98. The number of aryl methyl sites for hydroxylation is 1. The Morgan fingerprint density at radius 2 is 1.77 bits per heavy atom. The van der Waals surface area contributed by atoms with Gasteiger partial charge in [0, 0.05) is 12.1 Å². The zero-order chi connectivity index (χ0) is 25.0. The second-order valence-corrected chi connectivity index (χ2v) is 8.98. The first kappa shape index (κ1) is 25.9. The van der Waals surface area contributed by atoms with Crippen molar-refractivity contribution in [3.05, 3.63) is 101 Å². The van der Waals surface area contributed by atoms with E-state index in [1.165, 1.54) is 12.1 Å². The van der Waals surface area contributed by atoms with Gasteiger partial charge >= 0.3 is 0 Å². The van der Waals surface area contributed by atoms with Crippen LogP contribution in [0.3, 0.4) is 0 Å². The highest BCUT2D eigenvalue weighted by molar-refractivity contribution is 5.96. The molecular weight excluding hydrogens is 443 g/mol. The van der Waals surface area contributed by atoms with Crippen LogP contribution in [-0.4, -0.2) is 18.9 Å². The number of benzene rings is 3. The number of hydrogen-bond donors (Lipinski definition) is 2. The van der Waals surface area contributed by atoms with Crippen molar-refractivity contribution in [1.82, 2.24) is 10.6 Å². The molecule has 0 aliphatic rings. The Balaban J connectivity index is 1.82. The number of carbonyl (C=O) groups excluding carboxylic acids is 2. The normalized spacial score (nSPS) is 11.7. The quantitative estimate of drug-likeness (QED) is 0.249. The van der Waals surface area contributed by atoms with E-state index in [9.17, 15) is 14.0 Å². The Labute approximate surface area is 206 Å². The van der Waals surface area contributed by atoms with Gasteiger partial charge in [-0.15, -0.1) is 0 Å². The van der Waals surface area contributed by atoms with Crippen molar-refractivity contribution < 1.29 is 18.7 Å². The molecule has 1 atom stereocenters. The van der Waals surface area contributed by atoms with Gasteiger partial charge in [0.05, 0.1) is 6.04 Å². The van der Waals surface area contributed by atoms with Crippen LogP contribution in [-0.2, 0) is 17.8 Å². The topological polar surface area (TPSA) is 67.4 Å². The SMILES string of the molecule is CC(C)CC(NC(=O)c1cc(COc2ccccc2)ccc1CCCNC=O)c1ccc(F)cc1. The van der Waals surface area contributed by atoms with Gasteiger partial charge in [-0.2, -0.15) is 0 Å². The Kier molecular flexibility index (Phi) is 9.84. The van der Waals surface area contributed by atoms with Crippen LogP contribution in [0.25, 0.3) is 0 Å². The standard InChI is InChI=1S/C29H33FN2O3/c1-21(2)17-28(24-12-14-25(30)15-13-24)32-29(34)27-18-22(19-35-26-8-4-3-5-9-26)10-11-23(27)7-6-16-31-20-33/h3-5,8-15,18,20-21,28H,6-7,16-17,19H2,1-2H3,(H,31,33)(H,32,34). The molecule has 3 aromatic carbocycles. The van der Waals surface area contributed by atoms with Gasteiger partial charge < -0.3 is 15.4 Å². The summed E-state index contributed by atoms with van der Waals surface area (Å²) in [7, 11) is 0. The highest BCUT2D eigenvalue weighted by atomic mass is 19.1. The van der Waals surface area contributed by atoms with Gasteiger partial charge in [0.2, 0.25) is 6.41 Å². The molecule has 0 heterocycles. The zero-order valence-electron chi connectivity index (χ0n) is 20.3. The average Bonchev–Trinajstić information content (AvgIpc) is 2.86. The summed E-state index contributed by atoms with van der Waals surface area (Å²) in [5, 5.41) is 5.83. The van der Waals surface area contributed by atoms with Gasteiger partial charge in [-0.25, -0.2) is 4.39 Å². The predicted molar refractivity (Wildman–Crippen MR) is 136 cm³/mol. The largest absolute Gasteiger partial charge is 0.489 e. The summed E-state index contributed by atoms with van der Waals surface area (Å²) in [6, 6.07) is 21.4. The van der Waals surface area contributed by atoms with Crippen LogP contribution in [0.1, 0.15) is 59.8 Å². The van der Waals surface area contributed by atoms with Crippen molar-refractivity contribution in [3.63, 3.8) is 0 Å². The number of amides is 2. The molecule has 5 nitrogen and oxygen atoms in total. The maximum absolute atomic E-state index is 13.5. The molecule has 184 valence electrons. The number of para-hydroxylation sites is 1. The molecule has 3 rings (SSSR count). The first-order valence-electron chi connectivity index (χ1n) is 12.0. The molecule has 3 aromatic rings. The molecule has 2 N–H and O–H groups in total. The van der Waals surface area contributed by atoms with Crippen molar-refractivity contribution in [3.8, 4) is 5.75 Å². The molecule has 0 aromatic heterocycles. The van der Waals surface area contributed by atoms with Crippen LogP contribution >= 0.6 is 0 Å². The van der Waals surface area contributed by atoms with E-state index in [1.807, 2.05) is 48.5 Å². The first-order valence-corrected chi connectivity index (χ1v) is 12.0. The molecule has 0 aliphatic carbocycles. The minimum Gasteiger partial charge on any atom is -0.489 e. The van der Waals surface area contributed by atoms with Crippen molar-refractivity contribution in [2.24, 2.45) is 5.92 Å². The Bertz CT molecular complexity index is 1080. The Morgan fingerprint density at radius 3 is 2.46 bits per heavy atom. The van der Waals surface area contributed by atoms with Gasteiger partial charge in [-0.1, -0.05) is 56.3 Å². The maximum Gasteiger partial charge on any atom is 0.252 e. The maximum atomic E-state index is 13.5. The van der Waals surface area contributed by atoms with Crippen molar-refractivity contribution in [1.29, 1.82) is 0 Å². The summed E-state index contributed by atoms with van der Waals surface area (Å²) in [5.74, 6) is 0.612. The van der Waals surface area contributed by atoms with Gasteiger partial charge in [-0.3, -0.25) is 9.59 Å². The van der Waals surface area contributed by atoms with Crippen LogP contribution in [0.15, 0.2) is 72.8 Å². The Morgan fingerprint density at radius 1 is 1.03 bits per heavy atom. The molecule has 6 heteroatoms. The number of halogens is 1. The first-order chi connectivity index (χ1) is 17.0. The van der Waals surface area contributed by atoms with E-state index >= 15 is 0 Å². The van der Waals surface area contributed by atoms with Crippen LogP contribution in [0.2, 0.25) is 0 Å². The smallest absolute Gasteiger partial charge is 0.252 e. The highest BCUT2D eigenvalue weighted by Gasteiger charge is 2.20. The van der Waals surface area contributed by atoms with E-state index in [-0.39, 0.29) is 17.8 Å². The Hall–Kier alpha value is -3.67. The monoisotopic (exact) mass is 476 g/mol. The fourth-order valence-corrected chi connectivity index (χ4v) is 3.95. The number of carbonyl (C=O) groups is 2. The van der Waals surface area contributed by atoms with Crippen LogP contribution in [0, 0.1) is 11.7 Å². The van der Waals surface area contributed by atoms with Gasteiger partial charge in [0.1, 0.15) is 18.2 Å². The van der Waals surface area contributed by atoms with Crippen molar-refractivity contribution >= 4 is 12.3 Å². The van der Waals surface area contributed by atoms with Gasteiger partial charge in [0.15, 0.2) is 0 Å². The van der Waals surface area contributed by atoms with E-state index in [0.717, 1.165) is 28.9 Å². The van der Waals surface area contributed by atoms with Crippen LogP contribution in [0.4, 0.5) is 4.39 Å². The van der Waals surface area contributed by atoms with Crippen molar-refractivity contribution in [2.45, 2.75) is 45.8 Å². The summed E-state index contributed by atoms with van der Waals surface area (Å²) in [5.41, 5.74) is 3.24. The van der Waals surface area contributed by atoms with Gasteiger partial charge in [-0.05, 0) is 72.2 Å². The minimum absolute atomic E-state index is 0.181. The molecule has 0 fully saturated rings.